The number of nitrogens with two attached hydrogens (primary N) is 1. The maximum atomic E-state index is 14.4. The van der Waals surface area contributed by atoms with Crippen LogP contribution in [0, 0.1) is 5.82 Å². The molecule has 0 heterocycles. The van der Waals surface area contributed by atoms with Crippen molar-refractivity contribution in [3.63, 3.8) is 0 Å². The average Bonchev–Trinajstić information content (AvgIpc) is 2.77. The molecule has 0 aliphatic heterocycles. The fourth-order valence-corrected chi connectivity index (χ4v) is 3.40. The third-order valence-electron chi connectivity index (χ3n) is 4.65. The van der Waals surface area contributed by atoms with Crippen LogP contribution in [0.5, 0.6) is 5.75 Å². The Balaban J connectivity index is 1.81. The fraction of sp³-hybridized carbons (Fsp3) is 0.208. The Bertz CT molecular complexity index is 982. The molecule has 0 aromatic heterocycles. The highest BCUT2D eigenvalue weighted by Crippen LogP contribution is 2.23. The van der Waals surface area contributed by atoms with Gasteiger partial charge in [0.25, 0.3) is 5.91 Å². The van der Waals surface area contributed by atoms with Crippen LogP contribution in [0.4, 0.5) is 4.39 Å². The summed E-state index contributed by atoms with van der Waals surface area (Å²) in [5.41, 5.74) is 7.57. The Kier molecular flexibility index (Phi) is 7.99. The highest BCUT2D eigenvalue weighted by molar-refractivity contribution is 9.10. The van der Waals surface area contributed by atoms with Crippen molar-refractivity contribution in [2.24, 2.45) is 5.73 Å². The van der Waals surface area contributed by atoms with Gasteiger partial charge in [-0.15, -0.1) is 0 Å². The van der Waals surface area contributed by atoms with Crippen molar-refractivity contribution < 1.29 is 13.9 Å². The fourth-order valence-electron chi connectivity index (χ4n) is 3.06. The molecule has 6 heteroatoms. The zero-order valence-corrected chi connectivity index (χ0v) is 18.1. The smallest absolute Gasteiger partial charge is 0.257 e. The number of ether oxygens (including phenoxy) is 1. The molecule has 0 saturated heterocycles. The second-order valence-electron chi connectivity index (χ2n) is 6.88. The molecular formula is C24H24BrFN2O2. The van der Waals surface area contributed by atoms with Crippen molar-refractivity contribution in [3.05, 3.63) is 99.8 Å². The van der Waals surface area contributed by atoms with Crippen LogP contribution in [0.1, 0.15) is 27.9 Å². The third-order valence-corrected chi connectivity index (χ3v) is 5.14. The van der Waals surface area contributed by atoms with Gasteiger partial charge in [-0.3, -0.25) is 4.79 Å². The predicted octanol–water partition coefficient (Wildman–Crippen LogP) is 5.16. The molecular weight excluding hydrogens is 447 g/mol. The SMILES string of the molecule is NCCCN(Cc1ccc(Br)cc1F)C(=O)c1ccccc1OCc1ccccc1. The normalized spacial score (nSPS) is 10.6. The Morgan fingerprint density at radius 1 is 1.03 bits per heavy atom. The first-order valence-corrected chi connectivity index (χ1v) is 10.6. The first kappa shape index (κ1) is 22.0. The Hall–Kier alpha value is -2.70. The quantitative estimate of drug-likeness (QED) is 0.469. The molecule has 0 atom stereocenters. The topological polar surface area (TPSA) is 55.6 Å². The number of halogens is 2. The van der Waals surface area contributed by atoms with Gasteiger partial charge in [-0.2, -0.15) is 0 Å². The minimum atomic E-state index is -0.358. The molecule has 0 radical (unpaired) electrons. The van der Waals surface area contributed by atoms with Crippen molar-refractivity contribution in [1.82, 2.24) is 4.90 Å². The first-order chi connectivity index (χ1) is 14.6. The van der Waals surface area contributed by atoms with Crippen LogP contribution in [0.15, 0.2) is 77.3 Å². The van der Waals surface area contributed by atoms with E-state index in [1.165, 1.54) is 6.07 Å². The summed E-state index contributed by atoms with van der Waals surface area (Å²) in [6.07, 6.45) is 0.622. The molecule has 0 aliphatic carbocycles. The van der Waals surface area contributed by atoms with E-state index < -0.39 is 0 Å². The maximum absolute atomic E-state index is 14.4. The van der Waals surface area contributed by atoms with Crippen molar-refractivity contribution in [1.29, 1.82) is 0 Å². The lowest BCUT2D eigenvalue weighted by atomic mass is 10.1. The van der Waals surface area contributed by atoms with E-state index in [0.717, 1.165) is 5.56 Å². The standard InChI is InChI=1S/C24H24BrFN2O2/c25-20-12-11-19(22(26)15-20)16-28(14-6-13-27)24(29)21-9-4-5-10-23(21)30-17-18-7-2-1-3-8-18/h1-5,7-12,15H,6,13-14,16-17,27H2. The molecule has 2 N–H and O–H groups in total. The second kappa shape index (κ2) is 10.9. The first-order valence-electron chi connectivity index (χ1n) is 9.77. The van der Waals surface area contributed by atoms with Gasteiger partial charge in [-0.25, -0.2) is 4.39 Å². The maximum Gasteiger partial charge on any atom is 0.257 e. The molecule has 30 heavy (non-hydrogen) atoms. The van der Waals surface area contributed by atoms with Gasteiger partial charge < -0.3 is 15.4 Å². The van der Waals surface area contributed by atoms with E-state index in [0.29, 0.717) is 47.5 Å². The molecule has 1 amide bonds. The molecule has 3 aromatic rings. The van der Waals surface area contributed by atoms with Crippen LogP contribution in [-0.4, -0.2) is 23.9 Å². The Morgan fingerprint density at radius 2 is 1.77 bits per heavy atom. The number of nitrogens with zero attached hydrogens (tertiary/aromatic N) is 1. The van der Waals surface area contributed by atoms with Crippen LogP contribution in [0.3, 0.4) is 0 Å². The molecule has 0 unspecified atom stereocenters. The van der Waals surface area contributed by atoms with Crippen LogP contribution < -0.4 is 10.5 Å². The number of benzene rings is 3. The molecule has 0 spiro atoms. The van der Waals surface area contributed by atoms with Crippen LogP contribution in [-0.2, 0) is 13.2 Å². The molecule has 3 rings (SSSR count). The lowest BCUT2D eigenvalue weighted by Crippen LogP contribution is -2.33. The van der Waals surface area contributed by atoms with Crippen molar-refractivity contribution in [3.8, 4) is 5.75 Å². The minimum absolute atomic E-state index is 0.158. The summed E-state index contributed by atoms with van der Waals surface area (Å²) in [6.45, 7) is 1.39. The number of hydrogen-bond acceptors (Lipinski definition) is 3. The molecule has 156 valence electrons. The molecule has 4 nitrogen and oxygen atoms in total. The average molecular weight is 471 g/mol. The lowest BCUT2D eigenvalue weighted by molar-refractivity contribution is 0.0735. The summed E-state index contributed by atoms with van der Waals surface area (Å²) < 4.78 is 21.0. The van der Waals surface area contributed by atoms with Gasteiger partial charge >= 0.3 is 0 Å². The summed E-state index contributed by atoms with van der Waals surface area (Å²) in [7, 11) is 0. The number of carbonyl (C=O) groups is 1. The van der Waals surface area contributed by atoms with E-state index in [9.17, 15) is 9.18 Å². The van der Waals surface area contributed by atoms with E-state index in [1.807, 2.05) is 36.4 Å². The van der Waals surface area contributed by atoms with Crippen LogP contribution >= 0.6 is 15.9 Å². The van der Waals surface area contributed by atoms with E-state index in [2.05, 4.69) is 15.9 Å². The third kappa shape index (κ3) is 5.90. The van der Waals surface area contributed by atoms with Crippen molar-refractivity contribution in [2.75, 3.05) is 13.1 Å². The molecule has 0 fully saturated rings. The predicted molar refractivity (Wildman–Crippen MR) is 120 cm³/mol. The Labute approximate surface area is 184 Å². The summed E-state index contributed by atoms with van der Waals surface area (Å²) in [6, 6.07) is 21.7. The van der Waals surface area contributed by atoms with Gasteiger partial charge in [-0.05, 0) is 42.8 Å². The molecule has 3 aromatic carbocycles. The molecule has 0 saturated carbocycles. The molecule has 0 bridgehead atoms. The number of hydrogen-bond donors (Lipinski definition) is 1. The monoisotopic (exact) mass is 470 g/mol. The zero-order chi connectivity index (χ0) is 21.3. The Morgan fingerprint density at radius 3 is 2.50 bits per heavy atom. The number of rotatable bonds is 9. The van der Waals surface area contributed by atoms with E-state index >= 15 is 0 Å². The van der Waals surface area contributed by atoms with Gasteiger partial charge in [0.15, 0.2) is 0 Å². The van der Waals surface area contributed by atoms with Gasteiger partial charge in [0.05, 0.1) is 5.56 Å². The minimum Gasteiger partial charge on any atom is -0.488 e. The van der Waals surface area contributed by atoms with E-state index in [1.54, 1.807) is 35.2 Å². The van der Waals surface area contributed by atoms with Gasteiger partial charge in [0, 0.05) is 23.1 Å². The van der Waals surface area contributed by atoms with Gasteiger partial charge in [0.2, 0.25) is 0 Å². The van der Waals surface area contributed by atoms with Crippen molar-refractivity contribution >= 4 is 21.8 Å². The van der Waals surface area contributed by atoms with E-state index in [-0.39, 0.29) is 18.3 Å². The summed E-state index contributed by atoms with van der Waals surface area (Å²) in [5, 5.41) is 0. The summed E-state index contributed by atoms with van der Waals surface area (Å²) in [5.74, 6) is -0.0710. The lowest BCUT2D eigenvalue weighted by Gasteiger charge is -2.24. The van der Waals surface area contributed by atoms with E-state index in [4.69, 9.17) is 10.5 Å². The zero-order valence-electron chi connectivity index (χ0n) is 16.6. The second-order valence-corrected chi connectivity index (χ2v) is 7.79. The van der Waals surface area contributed by atoms with Gasteiger partial charge in [-0.1, -0.05) is 64.5 Å². The van der Waals surface area contributed by atoms with Gasteiger partial charge in [0.1, 0.15) is 18.2 Å². The molecule has 0 aliphatic rings. The highest BCUT2D eigenvalue weighted by Gasteiger charge is 2.21. The van der Waals surface area contributed by atoms with Crippen LogP contribution in [0.25, 0.3) is 0 Å². The number of carbonyl (C=O) groups excluding carboxylic acids is 1. The summed E-state index contributed by atoms with van der Waals surface area (Å²) in [4.78, 5) is 15.0. The highest BCUT2D eigenvalue weighted by atomic mass is 79.9. The number of para-hydroxylation sites is 1. The summed E-state index contributed by atoms with van der Waals surface area (Å²) >= 11 is 3.26. The largest absolute Gasteiger partial charge is 0.488 e. The van der Waals surface area contributed by atoms with Crippen LogP contribution in [0.2, 0.25) is 0 Å². The van der Waals surface area contributed by atoms with Crippen molar-refractivity contribution in [2.45, 2.75) is 19.6 Å². The number of amides is 1.